The molecule has 0 radical (unpaired) electrons. The van der Waals surface area contributed by atoms with Crippen molar-refractivity contribution in [1.29, 1.82) is 0 Å². The molecule has 1 amide bonds. The largest absolute Gasteiger partial charge is 0.444 e. The number of aliphatic hydroxyl groups is 2. The first-order valence-corrected chi connectivity index (χ1v) is 24.6. The lowest BCUT2D eigenvalue weighted by Crippen LogP contribution is -2.52. The molecule has 8 heterocycles. The van der Waals surface area contributed by atoms with Gasteiger partial charge in [-0.25, -0.2) is 13.6 Å². The van der Waals surface area contributed by atoms with Crippen molar-refractivity contribution in [2.75, 3.05) is 52.4 Å². The average Bonchev–Trinajstić information content (AvgIpc) is 4.16. The van der Waals surface area contributed by atoms with Crippen LogP contribution in [0.5, 0.6) is 0 Å². The number of hydrogen-bond acceptors (Lipinski definition) is 15. The zero-order chi connectivity index (χ0) is 48.8. The van der Waals surface area contributed by atoms with E-state index < -0.39 is 28.4 Å². The Labute approximate surface area is 400 Å². The van der Waals surface area contributed by atoms with Crippen LogP contribution in [0.25, 0.3) is 33.7 Å². The first-order chi connectivity index (χ1) is 32.9. The van der Waals surface area contributed by atoms with E-state index in [-0.39, 0.29) is 41.6 Å². The number of carbonyl (C=O) groups excluding carboxylic acids is 1. The van der Waals surface area contributed by atoms with E-state index in [4.69, 9.17) is 13.8 Å². The molecule has 6 aromatic rings. The van der Waals surface area contributed by atoms with Crippen LogP contribution in [-0.4, -0.2) is 141 Å². The van der Waals surface area contributed by atoms with Crippen molar-refractivity contribution >= 4 is 27.9 Å². The summed E-state index contributed by atoms with van der Waals surface area (Å²) in [5, 5.41) is 44.7. The molecule has 20 heteroatoms. The van der Waals surface area contributed by atoms with E-state index in [1.54, 1.807) is 17.0 Å². The van der Waals surface area contributed by atoms with Crippen LogP contribution in [0.1, 0.15) is 135 Å². The van der Waals surface area contributed by atoms with Crippen molar-refractivity contribution in [3.8, 4) is 11.9 Å². The van der Waals surface area contributed by atoms with Crippen LogP contribution in [0.4, 0.5) is 13.6 Å². The van der Waals surface area contributed by atoms with E-state index in [1.165, 1.54) is 21.5 Å². The fraction of sp³-hybridized carbons (Fsp3) is 0.612. The van der Waals surface area contributed by atoms with Crippen LogP contribution in [0.2, 0.25) is 0 Å². The van der Waals surface area contributed by atoms with E-state index in [9.17, 15) is 23.8 Å². The number of benzene rings is 2. The fourth-order valence-corrected chi connectivity index (χ4v) is 10.3. The first-order valence-electron chi connectivity index (χ1n) is 24.6. The Bertz CT molecular complexity index is 2730. The van der Waals surface area contributed by atoms with Gasteiger partial charge in [0.15, 0.2) is 0 Å². The second-order valence-corrected chi connectivity index (χ2v) is 20.8. The summed E-state index contributed by atoms with van der Waals surface area (Å²) in [5.74, 6) is -0.0674. The number of amides is 1. The number of halogens is 2. The van der Waals surface area contributed by atoms with Crippen molar-refractivity contribution in [2.24, 2.45) is 0 Å². The highest BCUT2D eigenvalue weighted by atomic mass is 19.1. The van der Waals surface area contributed by atoms with Crippen LogP contribution < -0.4 is 5.32 Å². The highest BCUT2D eigenvalue weighted by molar-refractivity contribution is 5.85. The minimum absolute atomic E-state index is 0.0800. The third-order valence-corrected chi connectivity index (χ3v) is 14.2. The average molecular weight is 957 g/mol. The van der Waals surface area contributed by atoms with E-state index in [2.05, 4.69) is 45.6 Å². The Morgan fingerprint density at radius 1 is 0.696 bits per heavy atom. The highest BCUT2D eigenvalue weighted by Crippen LogP contribution is 2.37. The molecule has 10 rings (SSSR count). The summed E-state index contributed by atoms with van der Waals surface area (Å²) in [5.41, 5.74) is -0.798. The molecule has 0 bridgehead atoms. The van der Waals surface area contributed by atoms with E-state index in [0.29, 0.717) is 80.4 Å². The van der Waals surface area contributed by atoms with Crippen LogP contribution in [0.15, 0.2) is 45.4 Å². The molecule has 4 fully saturated rings. The number of carbonyl (C=O) groups is 1. The number of nitrogens with zero attached hydrogens (tertiary/aromatic N) is 11. The summed E-state index contributed by atoms with van der Waals surface area (Å²) >= 11 is 0. The fourth-order valence-electron chi connectivity index (χ4n) is 10.3. The van der Waals surface area contributed by atoms with Crippen LogP contribution >= 0.6 is 0 Å². The van der Waals surface area contributed by atoms with E-state index in [1.807, 2.05) is 60.6 Å². The van der Waals surface area contributed by atoms with Crippen molar-refractivity contribution < 1.29 is 37.6 Å². The van der Waals surface area contributed by atoms with Gasteiger partial charge in [0.2, 0.25) is 0 Å². The van der Waals surface area contributed by atoms with E-state index in [0.717, 1.165) is 68.6 Å². The van der Waals surface area contributed by atoms with Gasteiger partial charge in [0.05, 0.1) is 11.4 Å². The molecule has 18 nitrogen and oxygen atoms in total. The number of hydrogen-bond donors (Lipinski definition) is 3. The van der Waals surface area contributed by atoms with Crippen molar-refractivity contribution in [3.05, 3.63) is 71.2 Å². The zero-order valence-corrected chi connectivity index (χ0v) is 40.8. The van der Waals surface area contributed by atoms with Gasteiger partial charge in [-0.2, -0.15) is 29.5 Å². The standard InChI is InChI=1S/C27H37FN6O4.C22H29FN6O2/c1-17(2)21-19-7-6-8-20(28)22(19)34(30-21)24-29-23(38-31-24)27(36)11-15-32(16-12-27)18-9-13-33(14-10-18)25(35)37-26(3,4)5;1-14(2)18-16-4-3-5-17(23)19(16)29(26-18)21-25-20(31-27-21)22(30)8-12-28(13-9-22)15-6-10-24-11-7-15/h6-8,17-18,36H,9-16H2,1-5H3;3-5,14-15,24,30H,6-13H2,1-2H3. The van der Waals surface area contributed by atoms with Crippen molar-refractivity contribution in [2.45, 2.75) is 141 Å². The highest BCUT2D eigenvalue weighted by Gasteiger charge is 2.43. The summed E-state index contributed by atoms with van der Waals surface area (Å²) in [6.07, 6.45) is 5.67. The summed E-state index contributed by atoms with van der Waals surface area (Å²) in [6.45, 7) is 19.9. The number of fused-ring (bicyclic) bond motifs is 2. The lowest BCUT2D eigenvalue weighted by Gasteiger charge is -2.43. The van der Waals surface area contributed by atoms with Gasteiger partial charge in [-0.05, 0) is 120 Å². The Morgan fingerprint density at radius 3 is 1.52 bits per heavy atom. The van der Waals surface area contributed by atoms with Gasteiger partial charge in [-0.3, -0.25) is 0 Å². The second kappa shape index (κ2) is 19.4. The molecule has 372 valence electrons. The zero-order valence-electron chi connectivity index (χ0n) is 40.8. The number of ether oxygens (including phenoxy) is 1. The number of aromatic nitrogens is 8. The van der Waals surface area contributed by atoms with Crippen molar-refractivity contribution in [3.63, 3.8) is 0 Å². The molecule has 0 spiro atoms. The van der Waals surface area contributed by atoms with Gasteiger partial charge in [-0.15, -0.1) is 0 Å². The SMILES string of the molecule is CC(C)c1nn(-c2noc(C3(O)CCN(C4CCN(C(=O)OC(C)(C)C)CC4)CC3)n2)c2c(F)cccc12.CC(C)c1nn(-c2noc(C3(O)CCN(C4CCNCC4)CC3)n2)c2c(F)cccc12. The third-order valence-electron chi connectivity index (χ3n) is 14.2. The minimum atomic E-state index is -1.26. The smallest absolute Gasteiger partial charge is 0.410 e. The van der Waals surface area contributed by atoms with Gasteiger partial charge >= 0.3 is 6.09 Å². The molecular formula is C49H66F2N12O6. The molecule has 0 atom stereocenters. The lowest BCUT2D eigenvalue weighted by atomic mass is 9.89. The normalized spacial score (nSPS) is 20.0. The van der Waals surface area contributed by atoms with Gasteiger partial charge < -0.3 is 44.0 Å². The van der Waals surface area contributed by atoms with Gasteiger partial charge in [0.1, 0.15) is 39.5 Å². The Kier molecular flexibility index (Phi) is 13.7. The topological polar surface area (TPSA) is 202 Å². The predicted molar refractivity (Wildman–Crippen MR) is 252 cm³/mol. The number of piperidine rings is 4. The Balaban J connectivity index is 0.000000175. The second-order valence-electron chi connectivity index (χ2n) is 20.8. The van der Waals surface area contributed by atoms with Crippen LogP contribution in [0.3, 0.4) is 0 Å². The molecule has 4 aromatic heterocycles. The van der Waals surface area contributed by atoms with Gasteiger partial charge in [0, 0.05) is 62.1 Å². The molecule has 0 unspecified atom stereocenters. The Morgan fingerprint density at radius 2 is 1.12 bits per heavy atom. The van der Waals surface area contributed by atoms with Gasteiger partial charge in [-0.1, -0.05) is 52.0 Å². The molecule has 0 saturated carbocycles. The van der Waals surface area contributed by atoms with E-state index >= 15 is 0 Å². The molecule has 4 aliphatic heterocycles. The molecule has 2 aromatic carbocycles. The number of para-hydroxylation sites is 2. The monoisotopic (exact) mass is 957 g/mol. The molecule has 4 saturated heterocycles. The first kappa shape index (κ1) is 48.6. The van der Waals surface area contributed by atoms with Crippen molar-refractivity contribution in [1.82, 2.24) is 59.9 Å². The maximum atomic E-state index is 14.8. The maximum absolute atomic E-state index is 14.8. The number of nitrogens with one attached hydrogen (secondary N) is 1. The maximum Gasteiger partial charge on any atom is 0.410 e. The summed E-state index contributed by atoms with van der Waals surface area (Å²) in [4.78, 5) is 27.9. The van der Waals surface area contributed by atoms with Gasteiger partial charge in [0.25, 0.3) is 23.7 Å². The summed E-state index contributed by atoms with van der Waals surface area (Å²) in [6, 6.07) is 10.7. The third kappa shape index (κ3) is 10.00. The quantitative estimate of drug-likeness (QED) is 0.140. The number of likely N-dealkylation sites (tertiary alicyclic amines) is 3. The summed E-state index contributed by atoms with van der Waals surface area (Å²) < 4.78 is 48.7. The summed E-state index contributed by atoms with van der Waals surface area (Å²) in [7, 11) is 0. The Hall–Kier alpha value is -5.41. The molecular weight excluding hydrogens is 891 g/mol. The van der Waals surface area contributed by atoms with Crippen LogP contribution in [0, 0.1) is 11.6 Å². The molecule has 4 aliphatic rings. The molecule has 3 N–H and O–H groups in total. The predicted octanol–water partition coefficient (Wildman–Crippen LogP) is 7.06. The lowest BCUT2D eigenvalue weighted by molar-refractivity contribution is -0.0623. The minimum Gasteiger partial charge on any atom is -0.444 e. The molecule has 0 aliphatic carbocycles. The van der Waals surface area contributed by atoms with Crippen LogP contribution in [-0.2, 0) is 15.9 Å². The molecule has 69 heavy (non-hydrogen) atoms. The number of rotatable bonds is 8.